The number of rotatable bonds is 5. The molecule has 0 saturated carbocycles. The Hall–Kier alpha value is -1.79. The van der Waals surface area contributed by atoms with E-state index in [4.69, 9.17) is 5.11 Å². The molecule has 4 nitrogen and oxygen atoms in total. The molecule has 2 N–H and O–H groups in total. The van der Waals surface area contributed by atoms with Crippen LogP contribution in [0.5, 0.6) is 0 Å². The summed E-state index contributed by atoms with van der Waals surface area (Å²) in [4.78, 5) is 14.8. The van der Waals surface area contributed by atoms with Crippen LogP contribution in [-0.2, 0) is 11.0 Å². The van der Waals surface area contributed by atoms with Gasteiger partial charge in [0.1, 0.15) is 11.4 Å². The molecular weight excluding hydrogens is 261 g/mol. The number of aromatic nitrogens is 1. The van der Waals surface area contributed by atoms with Crippen LogP contribution >= 0.6 is 0 Å². The van der Waals surface area contributed by atoms with Crippen molar-refractivity contribution in [2.45, 2.75) is 38.4 Å². The third-order valence-corrected chi connectivity index (χ3v) is 2.72. The average Bonchev–Trinajstić information content (AvgIpc) is 2.28. The lowest BCUT2D eigenvalue weighted by Crippen LogP contribution is -2.43. The summed E-state index contributed by atoms with van der Waals surface area (Å²) in [5, 5.41) is 11.8. The van der Waals surface area contributed by atoms with Crippen LogP contribution < -0.4 is 5.32 Å². The summed E-state index contributed by atoms with van der Waals surface area (Å²) in [5.41, 5.74) is -2.12. The van der Waals surface area contributed by atoms with Crippen LogP contribution in [0.25, 0.3) is 0 Å². The van der Waals surface area contributed by atoms with E-state index in [9.17, 15) is 18.0 Å². The summed E-state index contributed by atoms with van der Waals surface area (Å²) in [5.74, 6) is -0.970. The molecule has 1 rings (SSSR count). The number of carbonyl (C=O) groups is 1. The maximum atomic E-state index is 12.4. The first-order valence-corrected chi connectivity index (χ1v) is 5.74. The van der Waals surface area contributed by atoms with Crippen molar-refractivity contribution in [1.29, 1.82) is 0 Å². The molecule has 1 aromatic rings. The average molecular weight is 276 g/mol. The van der Waals surface area contributed by atoms with Gasteiger partial charge in [0.25, 0.3) is 0 Å². The third-order valence-electron chi connectivity index (χ3n) is 2.72. The molecule has 0 spiro atoms. The summed E-state index contributed by atoms with van der Waals surface area (Å²) < 4.78 is 37.1. The molecule has 0 aliphatic rings. The number of hydrogen-bond acceptors (Lipinski definition) is 3. The highest BCUT2D eigenvalue weighted by Gasteiger charge is 2.33. The molecule has 1 aromatic heterocycles. The van der Waals surface area contributed by atoms with Crippen LogP contribution in [0.2, 0.25) is 0 Å². The molecule has 1 heterocycles. The minimum atomic E-state index is -4.45. The van der Waals surface area contributed by atoms with E-state index < -0.39 is 23.2 Å². The summed E-state index contributed by atoms with van der Waals surface area (Å²) in [6.45, 7) is 3.29. The van der Waals surface area contributed by atoms with Crippen molar-refractivity contribution < 1.29 is 23.1 Å². The third kappa shape index (κ3) is 3.84. The number of hydrogen-bond donors (Lipinski definition) is 2. The van der Waals surface area contributed by atoms with Crippen LogP contribution in [0.4, 0.5) is 19.0 Å². The van der Waals surface area contributed by atoms with Crippen molar-refractivity contribution in [2.24, 2.45) is 0 Å². The molecule has 106 valence electrons. The van der Waals surface area contributed by atoms with Crippen molar-refractivity contribution in [3.8, 4) is 0 Å². The highest BCUT2D eigenvalue weighted by molar-refractivity contribution is 5.81. The van der Waals surface area contributed by atoms with Gasteiger partial charge in [-0.1, -0.05) is 13.3 Å². The minimum absolute atomic E-state index is 0.103. The number of halogens is 3. The zero-order chi connectivity index (χ0) is 14.7. The van der Waals surface area contributed by atoms with E-state index in [1.807, 2.05) is 6.92 Å². The fraction of sp³-hybridized carbons (Fsp3) is 0.500. The number of nitrogens with zero attached hydrogens (tertiary/aromatic N) is 1. The van der Waals surface area contributed by atoms with Gasteiger partial charge < -0.3 is 10.4 Å². The lowest BCUT2D eigenvalue weighted by molar-refractivity contribution is -0.142. The smallest absolute Gasteiger partial charge is 0.417 e. The maximum absolute atomic E-state index is 12.4. The van der Waals surface area contributed by atoms with E-state index in [0.29, 0.717) is 19.0 Å². The minimum Gasteiger partial charge on any atom is -0.480 e. The van der Waals surface area contributed by atoms with E-state index in [-0.39, 0.29) is 5.82 Å². The number of carboxylic acids is 1. The van der Waals surface area contributed by atoms with E-state index in [2.05, 4.69) is 10.3 Å². The normalized spacial score (nSPS) is 14.8. The van der Waals surface area contributed by atoms with E-state index >= 15 is 0 Å². The first-order valence-electron chi connectivity index (χ1n) is 5.74. The zero-order valence-corrected chi connectivity index (χ0v) is 10.6. The second-order valence-electron chi connectivity index (χ2n) is 4.44. The molecule has 0 radical (unpaired) electrons. The second kappa shape index (κ2) is 5.46. The molecule has 7 heteroatoms. The molecule has 0 fully saturated rings. The topological polar surface area (TPSA) is 62.2 Å². The molecule has 1 atom stereocenters. The first kappa shape index (κ1) is 15.3. The Morgan fingerprint density at radius 1 is 1.42 bits per heavy atom. The monoisotopic (exact) mass is 276 g/mol. The Balaban J connectivity index is 2.90. The Labute approximate surface area is 108 Å². The SMILES string of the molecule is CCCC(C)(Nc1ccc(C(F)(F)F)cn1)C(=O)O. The van der Waals surface area contributed by atoms with Crippen molar-refractivity contribution in [3.63, 3.8) is 0 Å². The second-order valence-corrected chi connectivity index (χ2v) is 4.44. The molecule has 0 saturated heterocycles. The summed E-state index contributed by atoms with van der Waals surface area (Å²) >= 11 is 0. The molecule has 1 unspecified atom stereocenters. The number of anilines is 1. The molecular formula is C12H15F3N2O2. The van der Waals surface area contributed by atoms with Crippen LogP contribution in [0.15, 0.2) is 18.3 Å². The number of aliphatic carboxylic acids is 1. The van der Waals surface area contributed by atoms with Crippen molar-refractivity contribution in [3.05, 3.63) is 23.9 Å². The van der Waals surface area contributed by atoms with Gasteiger partial charge >= 0.3 is 12.1 Å². The lowest BCUT2D eigenvalue weighted by atomic mass is 9.96. The van der Waals surface area contributed by atoms with Crippen molar-refractivity contribution in [2.75, 3.05) is 5.32 Å². The Bertz CT molecular complexity index is 445. The number of alkyl halides is 3. The standard InChI is InChI=1S/C12H15F3N2O2/c1-3-6-11(2,10(18)19)17-9-5-4-8(7-16-9)12(13,14)15/h4-5,7H,3,6H2,1-2H3,(H,16,17)(H,18,19). The van der Waals surface area contributed by atoms with Crippen molar-refractivity contribution in [1.82, 2.24) is 4.98 Å². The van der Waals surface area contributed by atoms with Gasteiger partial charge in [-0.25, -0.2) is 9.78 Å². The summed E-state index contributed by atoms with van der Waals surface area (Å²) in [6.07, 6.45) is -2.82. The van der Waals surface area contributed by atoms with Gasteiger partial charge in [-0.3, -0.25) is 0 Å². The van der Waals surface area contributed by atoms with Crippen LogP contribution in [0.3, 0.4) is 0 Å². The van der Waals surface area contributed by atoms with Gasteiger partial charge in [0.2, 0.25) is 0 Å². The first-order chi connectivity index (χ1) is 8.69. The van der Waals surface area contributed by atoms with Crippen LogP contribution in [0, 0.1) is 0 Å². The number of nitrogens with one attached hydrogen (secondary N) is 1. The highest BCUT2D eigenvalue weighted by Crippen LogP contribution is 2.29. The van der Waals surface area contributed by atoms with Gasteiger partial charge in [-0.05, 0) is 25.5 Å². The predicted molar refractivity (Wildman–Crippen MR) is 63.8 cm³/mol. The zero-order valence-electron chi connectivity index (χ0n) is 10.6. The van der Waals surface area contributed by atoms with Gasteiger partial charge in [0.15, 0.2) is 0 Å². The Morgan fingerprint density at radius 2 is 2.05 bits per heavy atom. The van der Waals surface area contributed by atoms with Crippen LogP contribution in [-0.4, -0.2) is 21.6 Å². The maximum Gasteiger partial charge on any atom is 0.417 e. The van der Waals surface area contributed by atoms with E-state index in [1.165, 1.54) is 6.92 Å². The molecule has 0 aromatic carbocycles. The molecule has 0 aliphatic heterocycles. The van der Waals surface area contributed by atoms with Gasteiger partial charge in [-0.2, -0.15) is 13.2 Å². The van der Waals surface area contributed by atoms with Gasteiger partial charge in [0.05, 0.1) is 5.56 Å². The molecule has 0 amide bonds. The Morgan fingerprint density at radius 3 is 2.42 bits per heavy atom. The van der Waals surface area contributed by atoms with Gasteiger partial charge in [-0.15, -0.1) is 0 Å². The number of carboxylic acid groups (broad SMARTS) is 1. The van der Waals surface area contributed by atoms with E-state index in [0.717, 1.165) is 12.1 Å². The van der Waals surface area contributed by atoms with Crippen molar-refractivity contribution >= 4 is 11.8 Å². The fourth-order valence-corrected chi connectivity index (χ4v) is 1.64. The molecule has 0 aliphatic carbocycles. The lowest BCUT2D eigenvalue weighted by Gasteiger charge is -2.26. The number of pyridine rings is 1. The fourth-order valence-electron chi connectivity index (χ4n) is 1.64. The summed E-state index contributed by atoms with van der Waals surface area (Å²) in [7, 11) is 0. The molecule has 19 heavy (non-hydrogen) atoms. The molecule has 0 bridgehead atoms. The summed E-state index contributed by atoms with van der Waals surface area (Å²) in [6, 6.07) is 1.99. The Kier molecular flexibility index (Phi) is 4.39. The van der Waals surface area contributed by atoms with Crippen LogP contribution in [0.1, 0.15) is 32.3 Å². The van der Waals surface area contributed by atoms with E-state index in [1.54, 1.807) is 0 Å². The largest absolute Gasteiger partial charge is 0.480 e. The highest BCUT2D eigenvalue weighted by atomic mass is 19.4. The predicted octanol–water partition coefficient (Wildman–Crippen LogP) is 3.16. The quantitative estimate of drug-likeness (QED) is 0.867. The van der Waals surface area contributed by atoms with Gasteiger partial charge in [0, 0.05) is 6.20 Å².